The normalized spacial score (nSPS) is 19.1. The number of carbonyl (C=O) groups excluding carboxylic acids is 1. The standard InChI is InChI=1S/C11H21NO2/c1-9(2)14-11(13)12-10-7-5-3-4-6-8-10/h9-10H,3-8H2,1-2H3,(H,12,13). The van der Waals surface area contributed by atoms with Gasteiger partial charge in [0.2, 0.25) is 0 Å². The van der Waals surface area contributed by atoms with Gasteiger partial charge < -0.3 is 10.1 Å². The van der Waals surface area contributed by atoms with Crippen molar-refractivity contribution in [1.82, 2.24) is 5.32 Å². The molecule has 0 bridgehead atoms. The minimum absolute atomic E-state index is 0.0271. The molecule has 1 aliphatic carbocycles. The van der Waals surface area contributed by atoms with Gasteiger partial charge in [-0.15, -0.1) is 0 Å². The second-order valence-corrected chi connectivity index (χ2v) is 4.29. The summed E-state index contributed by atoms with van der Waals surface area (Å²) in [5.74, 6) is 0. The van der Waals surface area contributed by atoms with Crippen molar-refractivity contribution < 1.29 is 9.53 Å². The number of hydrogen-bond acceptors (Lipinski definition) is 2. The fraction of sp³-hybridized carbons (Fsp3) is 0.909. The molecule has 1 rings (SSSR count). The van der Waals surface area contributed by atoms with Crippen LogP contribution < -0.4 is 5.32 Å². The maximum absolute atomic E-state index is 11.3. The summed E-state index contributed by atoms with van der Waals surface area (Å²) in [6, 6.07) is 0.337. The summed E-state index contributed by atoms with van der Waals surface area (Å²) in [6.45, 7) is 3.74. The molecule has 82 valence electrons. The average molecular weight is 199 g/mol. The van der Waals surface area contributed by atoms with Crippen LogP contribution in [-0.4, -0.2) is 18.2 Å². The highest BCUT2D eigenvalue weighted by Gasteiger charge is 2.15. The Morgan fingerprint density at radius 1 is 1.21 bits per heavy atom. The SMILES string of the molecule is CC(C)OC(=O)NC1CCCCCC1. The molecule has 0 unspecified atom stereocenters. The summed E-state index contributed by atoms with van der Waals surface area (Å²) in [5, 5.41) is 2.93. The Morgan fingerprint density at radius 3 is 2.29 bits per heavy atom. The van der Waals surface area contributed by atoms with E-state index in [0.717, 1.165) is 12.8 Å². The zero-order valence-corrected chi connectivity index (χ0v) is 9.21. The summed E-state index contributed by atoms with van der Waals surface area (Å²) in [7, 11) is 0. The lowest BCUT2D eigenvalue weighted by molar-refractivity contribution is 0.111. The molecule has 1 N–H and O–H groups in total. The molecule has 0 aromatic carbocycles. The Hall–Kier alpha value is -0.730. The molecule has 1 saturated carbocycles. The van der Waals surface area contributed by atoms with Crippen LogP contribution in [0.15, 0.2) is 0 Å². The Kier molecular flexibility index (Phi) is 4.77. The molecule has 1 fully saturated rings. The first-order valence-corrected chi connectivity index (χ1v) is 5.65. The maximum atomic E-state index is 11.3. The van der Waals surface area contributed by atoms with Crippen molar-refractivity contribution in [2.75, 3.05) is 0 Å². The van der Waals surface area contributed by atoms with Crippen molar-refractivity contribution in [3.8, 4) is 0 Å². The molecule has 0 spiro atoms. The summed E-state index contributed by atoms with van der Waals surface area (Å²) in [5.41, 5.74) is 0. The third-order valence-corrected chi connectivity index (χ3v) is 2.52. The first-order valence-electron chi connectivity index (χ1n) is 5.65. The number of amides is 1. The maximum Gasteiger partial charge on any atom is 0.407 e. The number of hydrogen-bond donors (Lipinski definition) is 1. The van der Waals surface area contributed by atoms with E-state index in [0.29, 0.717) is 6.04 Å². The van der Waals surface area contributed by atoms with Gasteiger partial charge in [0.15, 0.2) is 0 Å². The molecular formula is C11H21NO2. The van der Waals surface area contributed by atoms with Gasteiger partial charge in [-0.2, -0.15) is 0 Å². The molecule has 1 aliphatic rings. The molecule has 0 heterocycles. The third kappa shape index (κ3) is 4.49. The van der Waals surface area contributed by atoms with Gasteiger partial charge in [0.25, 0.3) is 0 Å². The number of ether oxygens (including phenoxy) is 1. The lowest BCUT2D eigenvalue weighted by Crippen LogP contribution is -2.36. The second kappa shape index (κ2) is 5.89. The van der Waals surface area contributed by atoms with Crippen LogP contribution >= 0.6 is 0 Å². The number of alkyl carbamates (subject to hydrolysis) is 1. The second-order valence-electron chi connectivity index (χ2n) is 4.29. The van der Waals surface area contributed by atoms with Crippen molar-refractivity contribution in [3.05, 3.63) is 0 Å². The predicted molar refractivity (Wildman–Crippen MR) is 56.2 cm³/mol. The minimum Gasteiger partial charge on any atom is -0.447 e. The summed E-state index contributed by atoms with van der Waals surface area (Å²) >= 11 is 0. The van der Waals surface area contributed by atoms with Crippen molar-refractivity contribution in [2.24, 2.45) is 0 Å². The lowest BCUT2D eigenvalue weighted by Gasteiger charge is -2.17. The van der Waals surface area contributed by atoms with E-state index in [-0.39, 0.29) is 12.2 Å². The summed E-state index contributed by atoms with van der Waals surface area (Å²) in [4.78, 5) is 11.3. The van der Waals surface area contributed by atoms with Crippen molar-refractivity contribution in [3.63, 3.8) is 0 Å². The Balaban J connectivity index is 2.23. The van der Waals surface area contributed by atoms with Gasteiger partial charge in [0.05, 0.1) is 6.10 Å². The molecule has 3 heteroatoms. The van der Waals surface area contributed by atoms with E-state index >= 15 is 0 Å². The largest absolute Gasteiger partial charge is 0.447 e. The van der Waals surface area contributed by atoms with Gasteiger partial charge >= 0.3 is 6.09 Å². The number of carbonyl (C=O) groups is 1. The molecule has 0 aromatic heterocycles. The van der Waals surface area contributed by atoms with Crippen molar-refractivity contribution in [2.45, 2.75) is 64.5 Å². The number of nitrogens with one attached hydrogen (secondary N) is 1. The van der Waals surface area contributed by atoms with Crippen LogP contribution in [0.1, 0.15) is 52.4 Å². The monoisotopic (exact) mass is 199 g/mol. The average Bonchev–Trinajstić information content (AvgIpc) is 2.31. The quantitative estimate of drug-likeness (QED) is 0.694. The highest BCUT2D eigenvalue weighted by molar-refractivity contribution is 5.67. The van der Waals surface area contributed by atoms with Gasteiger partial charge in [-0.25, -0.2) is 4.79 Å². The molecule has 0 atom stereocenters. The zero-order valence-electron chi connectivity index (χ0n) is 9.21. The van der Waals surface area contributed by atoms with Crippen LogP contribution in [0.3, 0.4) is 0 Å². The van der Waals surface area contributed by atoms with E-state index in [1.165, 1.54) is 25.7 Å². The first-order chi connectivity index (χ1) is 6.68. The van der Waals surface area contributed by atoms with Gasteiger partial charge in [-0.1, -0.05) is 25.7 Å². The fourth-order valence-corrected chi connectivity index (χ4v) is 1.84. The molecular weight excluding hydrogens is 178 g/mol. The molecule has 0 radical (unpaired) electrons. The first kappa shape index (κ1) is 11.3. The zero-order chi connectivity index (χ0) is 10.4. The fourth-order valence-electron chi connectivity index (χ4n) is 1.84. The van der Waals surface area contributed by atoms with Crippen LogP contribution in [0.5, 0.6) is 0 Å². The van der Waals surface area contributed by atoms with Gasteiger partial charge in [-0.3, -0.25) is 0 Å². The van der Waals surface area contributed by atoms with Crippen LogP contribution in [-0.2, 0) is 4.74 Å². The molecule has 0 aliphatic heterocycles. The highest BCUT2D eigenvalue weighted by Crippen LogP contribution is 2.17. The van der Waals surface area contributed by atoms with Gasteiger partial charge in [0.1, 0.15) is 0 Å². The van der Waals surface area contributed by atoms with Crippen LogP contribution in [0, 0.1) is 0 Å². The molecule has 14 heavy (non-hydrogen) atoms. The topological polar surface area (TPSA) is 38.3 Å². The van der Waals surface area contributed by atoms with Crippen molar-refractivity contribution >= 4 is 6.09 Å². The van der Waals surface area contributed by atoms with E-state index in [1.54, 1.807) is 0 Å². The van der Waals surface area contributed by atoms with E-state index in [9.17, 15) is 4.79 Å². The summed E-state index contributed by atoms with van der Waals surface area (Å²) in [6.07, 6.45) is 6.99. The van der Waals surface area contributed by atoms with Crippen LogP contribution in [0.25, 0.3) is 0 Å². The van der Waals surface area contributed by atoms with E-state index in [2.05, 4.69) is 5.32 Å². The molecule has 0 aromatic rings. The number of rotatable bonds is 2. The minimum atomic E-state index is -0.258. The van der Waals surface area contributed by atoms with Crippen LogP contribution in [0.4, 0.5) is 4.79 Å². The van der Waals surface area contributed by atoms with Crippen molar-refractivity contribution in [1.29, 1.82) is 0 Å². The Bertz CT molecular complexity index is 172. The van der Waals surface area contributed by atoms with E-state index in [1.807, 2.05) is 13.8 Å². The van der Waals surface area contributed by atoms with Crippen LogP contribution in [0.2, 0.25) is 0 Å². The van der Waals surface area contributed by atoms with Gasteiger partial charge in [0, 0.05) is 6.04 Å². The highest BCUT2D eigenvalue weighted by atomic mass is 16.6. The third-order valence-electron chi connectivity index (χ3n) is 2.52. The van der Waals surface area contributed by atoms with Gasteiger partial charge in [-0.05, 0) is 26.7 Å². The predicted octanol–water partition coefficient (Wildman–Crippen LogP) is 2.84. The molecule has 1 amide bonds. The van der Waals surface area contributed by atoms with E-state index < -0.39 is 0 Å². The Morgan fingerprint density at radius 2 is 1.79 bits per heavy atom. The van der Waals surface area contributed by atoms with E-state index in [4.69, 9.17) is 4.74 Å². The molecule has 0 saturated heterocycles. The Labute approximate surface area is 86.2 Å². The lowest BCUT2D eigenvalue weighted by atomic mass is 10.1. The molecule has 3 nitrogen and oxygen atoms in total. The summed E-state index contributed by atoms with van der Waals surface area (Å²) < 4.78 is 5.04. The smallest absolute Gasteiger partial charge is 0.407 e.